The second kappa shape index (κ2) is 6.26. The van der Waals surface area contributed by atoms with Crippen molar-refractivity contribution in [2.24, 2.45) is 0 Å². The van der Waals surface area contributed by atoms with Crippen molar-refractivity contribution in [1.29, 1.82) is 0 Å². The van der Waals surface area contributed by atoms with E-state index in [0.29, 0.717) is 10.7 Å². The Morgan fingerprint density at radius 3 is 2.79 bits per heavy atom. The highest BCUT2D eigenvalue weighted by Gasteiger charge is 2.50. The molecule has 3 rings (SSSR count). The number of halogens is 1. The first kappa shape index (κ1) is 16.5. The fourth-order valence-electron chi connectivity index (χ4n) is 2.48. The highest BCUT2D eigenvalue weighted by molar-refractivity contribution is 7.10. The second-order valence-electron chi connectivity index (χ2n) is 5.48. The number of carbonyl (C=O) groups excluding carboxylic acids is 3. The molecule has 2 aromatic rings. The number of nitrogens with zero attached hydrogens (tertiary/aromatic N) is 1. The zero-order valence-corrected chi connectivity index (χ0v) is 14.3. The third-order valence-corrected chi connectivity index (χ3v) is 5.03. The van der Waals surface area contributed by atoms with Crippen LogP contribution < -0.4 is 10.6 Å². The van der Waals surface area contributed by atoms with Crippen LogP contribution in [0.3, 0.4) is 0 Å². The van der Waals surface area contributed by atoms with Crippen molar-refractivity contribution >= 4 is 46.5 Å². The lowest BCUT2D eigenvalue weighted by Crippen LogP contribution is -2.41. The van der Waals surface area contributed by atoms with Gasteiger partial charge in [0.2, 0.25) is 5.91 Å². The molecule has 24 heavy (non-hydrogen) atoms. The van der Waals surface area contributed by atoms with E-state index >= 15 is 0 Å². The first-order chi connectivity index (χ1) is 11.4. The van der Waals surface area contributed by atoms with Crippen LogP contribution in [0, 0.1) is 0 Å². The molecule has 6 nitrogen and oxygen atoms in total. The maximum atomic E-state index is 12.6. The fraction of sp³-hybridized carbons (Fsp3) is 0.188. The predicted octanol–water partition coefficient (Wildman–Crippen LogP) is 2.81. The molecule has 1 unspecified atom stereocenters. The topological polar surface area (TPSA) is 78.5 Å². The van der Waals surface area contributed by atoms with Gasteiger partial charge in [0.05, 0.1) is 0 Å². The number of hydrogen-bond donors (Lipinski definition) is 2. The standard InChI is InChI=1S/C16H14ClN3O3S/c1-16(12-6-3-7-24-12)14(22)20(15(23)19-16)9-13(21)18-11-5-2-4-10(17)8-11/h2-8H,9H2,1H3,(H,18,21)(H,19,23). The maximum Gasteiger partial charge on any atom is 0.325 e. The van der Waals surface area contributed by atoms with Crippen molar-refractivity contribution in [1.82, 2.24) is 10.2 Å². The molecular formula is C16H14ClN3O3S. The van der Waals surface area contributed by atoms with Crippen molar-refractivity contribution in [2.45, 2.75) is 12.5 Å². The average molecular weight is 364 g/mol. The lowest BCUT2D eigenvalue weighted by molar-refractivity contribution is -0.133. The van der Waals surface area contributed by atoms with Gasteiger partial charge in [-0.15, -0.1) is 11.3 Å². The van der Waals surface area contributed by atoms with Crippen LogP contribution in [0.4, 0.5) is 10.5 Å². The molecule has 124 valence electrons. The van der Waals surface area contributed by atoms with Crippen LogP contribution in [0.25, 0.3) is 0 Å². The Kier molecular flexibility index (Phi) is 4.29. The van der Waals surface area contributed by atoms with E-state index in [9.17, 15) is 14.4 Å². The number of carbonyl (C=O) groups is 3. The number of thiophene rings is 1. The molecule has 0 saturated carbocycles. The Morgan fingerprint density at radius 1 is 1.33 bits per heavy atom. The molecule has 0 aliphatic carbocycles. The minimum Gasteiger partial charge on any atom is -0.324 e. The van der Waals surface area contributed by atoms with E-state index < -0.39 is 23.4 Å². The molecule has 1 atom stereocenters. The van der Waals surface area contributed by atoms with Gasteiger partial charge in [0.15, 0.2) is 5.54 Å². The molecule has 1 saturated heterocycles. The third-order valence-electron chi connectivity index (χ3n) is 3.70. The quantitative estimate of drug-likeness (QED) is 0.820. The van der Waals surface area contributed by atoms with Crippen molar-refractivity contribution in [3.05, 3.63) is 51.7 Å². The highest BCUT2D eigenvalue weighted by Crippen LogP contribution is 2.31. The van der Waals surface area contributed by atoms with Gasteiger partial charge in [-0.05, 0) is 36.6 Å². The molecule has 0 radical (unpaired) electrons. The minimum atomic E-state index is -1.14. The monoisotopic (exact) mass is 363 g/mol. The average Bonchev–Trinajstić information content (AvgIpc) is 3.12. The molecule has 8 heteroatoms. The molecule has 2 N–H and O–H groups in total. The first-order valence-electron chi connectivity index (χ1n) is 7.13. The molecule has 1 aliphatic rings. The molecule has 1 aromatic carbocycles. The maximum absolute atomic E-state index is 12.6. The number of anilines is 1. The lowest BCUT2D eigenvalue weighted by Gasteiger charge is -2.19. The van der Waals surface area contributed by atoms with E-state index in [2.05, 4.69) is 10.6 Å². The fourth-order valence-corrected chi connectivity index (χ4v) is 3.51. The van der Waals surface area contributed by atoms with Gasteiger partial charge in [-0.3, -0.25) is 14.5 Å². The van der Waals surface area contributed by atoms with E-state index in [-0.39, 0.29) is 6.54 Å². The van der Waals surface area contributed by atoms with Gasteiger partial charge in [0.1, 0.15) is 6.54 Å². The number of nitrogens with one attached hydrogen (secondary N) is 2. The van der Waals surface area contributed by atoms with E-state index in [4.69, 9.17) is 11.6 Å². The Bertz CT molecular complexity index is 809. The molecule has 0 spiro atoms. The molecule has 2 heterocycles. The Balaban J connectivity index is 1.72. The van der Waals surface area contributed by atoms with Crippen LogP contribution in [0.5, 0.6) is 0 Å². The molecule has 1 aliphatic heterocycles. The van der Waals surface area contributed by atoms with Crippen LogP contribution in [0.15, 0.2) is 41.8 Å². The van der Waals surface area contributed by atoms with E-state index in [0.717, 1.165) is 9.78 Å². The van der Waals surface area contributed by atoms with Crippen LogP contribution >= 0.6 is 22.9 Å². The summed E-state index contributed by atoms with van der Waals surface area (Å²) in [6, 6.07) is 9.63. The SMILES string of the molecule is CC1(c2cccs2)NC(=O)N(CC(=O)Nc2cccc(Cl)c2)C1=O. The summed E-state index contributed by atoms with van der Waals surface area (Å²) in [5.74, 6) is -0.924. The molecule has 1 fully saturated rings. The van der Waals surface area contributed by atoms with Crippen LogP contribution in [-0.2, 0) is 15.1 Å². The van der Waals surface area contributed by atoms with Gasteiger partial charge < -0.3 is 10.6 Å². The molecule has 1 aromatic heterocycles. The predicted molar refractivity (Wildman–Crippen MR) is 92.0 cm³/mol. The van der Waals surface area contributed by atoms with Gasteiger partial charge in [-0.2, -0.15) is 0 Å². The highest BCUT2D eigenvalue weighted by atomic mass is 35.5. The summed E-state index contributed by atoms with van der Waals surface area (Å²) < 4.78 is 0. The summed E-state index contributed by atoms with van der Waals surface area (Å²) in [7, 11) is 0. The molecule has 4 amide bonds. The first-order valence-corrected chi connectivity index (χ1v) is 8.39. The van der Waals surface area contributed by atoms with E-state index in [1.807, 2.05) is 5.38 Å². The molecular weight excluding hydrogens is 350 g/mol. The van der Waals surface area contributed by atoms with E-state index in [1.165, 1.54) is 11.3 Å². The summed E-state index contributed by atoms with van der Waals surface area (Å²) in [5.41, 5.74) is -0.637. The van der Waals surface area contributed by atoms with Gasteiger partial charge in [-0.25, -0.2) is 4.79 Å². The zero-order chi connectivity index (χ0) is 17.3. The number of rotatable bonds is 4. The van der Waals surface area contributed by atoms with Crippen molar-refractivity contribution in [3.8, 4) is 0 Å². The summed E-state index contributed by atoms with van der Waals surface area (Å²) in [6.45, 7) is 1.27. The number of urea groups is 1. The molecule has 0 bridgehead atoms. The number of benzene rings is 1. The van der Waals surface area contributed by atoms with Crippen molar-refractivity contribution in [2.75, 3.05) is 11.9 Å². The van der Waals surface area contributed by atoms with Crippen molar-refractivity contribution < 1.29 is 14.4 Å². The Hall–Kier alpha value is -2.38. The Morgan fingerprint density at radius 2 is 2.12 bits per heavy atom. The minimum absolute atomic E-state index is 0.363. The third kappa shape index (κ3) is 3.00. The summed E-state index contributed by atoms with van der Waals surface area (Å²) in [6.07, 6.45) is 0. The normalized spacial score (nSPS) is 20.2. The van der Waals surface area contributed by atoms with Gasteiger partial charge in [0, 0.05) is 15.6 Å². The largest absolute Gasteiger partial charge is 0.325 e. The summed E-state index contributed by atoms with van der Waals surface area (Å²) in [5, 5.41) is 7.58. The summed E-state index contributed by atoms with van der Waals surface area (Å²) in [4.78, 5) is 38.5. The van der Waals surface area contributed by atoms with Crippen molar-refractivity contribution in [3.63, 3.8) is 0 Å². The number of imide groups is 1. The van der Waals surface area contributed by atoms with E-state index in [1.54, 1.807) is 43.3 Å². The number of amides is 4. The zero-order valence-electron chi connectivity index (χ0n) is 12.7. The van der Waals surface area contributed by atoms with Crippen LogP contribution in [-0.4, -0.2) is 29.3 Å². The van der Waals surface area contributed by atoms with Crippen LogP contribution in [0.1, 0.15) is 11.8 Å². The smallest absolute Gasteiger partial charge is 0.324 e. The summed E-state index contributed by atoms with van der Waals surface area (Å²) >= 11 is 7.23. The van der Waals surface area contributed by atoms with Crippen LogP contribution in [0.2, 0.25) is 5.02 Å². The second-order valence-corrected chi connectivity index (χ2v) is 6.87. The van der Waals surface area contributed by atoms with Gasteiger partial charge >= 0.3 is 6.03 Å². The lowest BCUT2D eigenvalue weighted by atomic mass is 10.0. The van der Waals surface area contributed by atoms with Gasteiger partial charge in [0.25, 0.3) is 5.91 Å². The Labute approximate surface area is 147 Å². The van der Waals surface area contributed by atoms with Gasteiger partial charge in [-0.1, -0.05) is 23.7 Å². The number of hydrogen-bond acceptors (Lipinski definition) is 4.